The van der Waals surface area contributed by atoms with Gasteiger partial charge in [0.2, 0.25) is 11.6 Å². The van der Waals surface area contributed by atoms with Crippen molar-refractivity contribution in [3.63, 3.8) is 0 Å². The van der Waals surface area contributed by atoms with E-state index in [2.05, 4.69) is 79.5 Å². The maximum atomic E-state index is 6.80. The van der Waals surface area contributed by atoms with Crippen molar-refractivity contribution in [2.45, 2.75) is 58.7 Å². The van der Waals surface area contributed by atoms with E-state index in [0.717, 1.165) is 60.1 Å². The molecule has 2 fully saturated rings. The first-order chi connectivity index (χ1) is 16.8. The summed E-state index contributed by atoms with van der Waals surface area (Å²) in [5, 5.41) is 0. The summed E-state index contributed by atoms with van der Waals surface area (Å²) in [4.78, 5) is 2.27. The normalized spacial score (nSPS) is 36.7. The smallest absolute Gasteiger partial charge is 0.211 e. The molecule has 186 valence electrons. The lowest BCUT2D eigenvalue weighted by molar-refractivity contribution is -0.174. The monoisotopic (exact) mass is 589 g/mol. The van der Waals surface area contributed by atoms with Crippen LogP contribution in [0.15, 0.2) is 24.3 Å². The molecule has 5 aliphatic heterocycles. The molecule has 2 saturated heterocycles. The number of ether oxygens (including phenoxy) is 5. The molecule has 7 rings (SSSR count). The van der Waals surface area contributed by atoms with Gasteiger partial charge >= 0.3 is 0 Å². The van der Waals surface area contributed by atoms with Gasteiger partial charge in [-0.2, -0.15) is 0 Å². The van der Waals surface area contributed by atoms with Crippen molar-refractivity contribution in [3.8, 4) is 17.2 Å². The van der Waals surface area contributed by atoms with Crippen LogP contribution in [0.1, 0.15) is 44.4 Å². The second kappa shape index (κ2) is 7.65. The van der Waals surface area contributed by atoms with Crippen LogP contribution >= 0.6 is 22.6 Å². The lowest BCUT2D eigenvalue weighted by Crippen LogP contribution is -2.48. The first-order valence-electron chi connectivity index (χ1n) is 12.8. The van der Waals surface area contributed by atoms with Gasteiger partial charge in [0, 0.05) is 46.1 Å². The van der Waals surface area contributed by atoms with E-state index in [1.54, 1.807) is 0 Å². The first kappa shape index (κ1) is 22.5. The van der Waals surface area contributed by atoms with E-state index >= 15 is 0 Å². The minimum atomic E-state index is -0.626. The van der Waals surface area contributed by atoms with E-state index in [4.69, 9.17) is 23.7 Å². The molecule has 0 unspecified atom stereocenters. The predicted molar refractivity (Wildman–Crippen MR) is 140 cm³/mol. The highest BCUT2D eigenvalue weighted by Gasteiger charge is 2.55. The van der Waals surface area contributed by atoms with Gasteiger partial charge in [-0.1, -0.05) is 13.8 Å². The second-order valence-electron chi connectivity index (χ2n) is 11.3. The molecule has 35 heavy (non-hydrogen) atoms. The predicted octanol–water partition coefficient (Wildman–Crippen LogP) is 5.51. The van der Waals surface area contributed by atoms with E-state index in [1.165, 1.54) is 9.13 Å². The Morgan fingerprint density at radius 3 is 1.94 bits per heavy atom. The van der Waals surface area contributed by atoms with Crippen LogP contribution in [-0.4, -0.2) is 31.5 Å². The topological polar surface area (TPSA) is 49.4 Å². The molecule has 0 spiro atoms. The van der Waals surface area contributed by atoms with Gasteiger partial charge in [0.1, 0.15) is 17.2 Å². The number of hydrogen-bond donors (Lipinski definition) is 0. The Hall–Kier alpha value is -1.71. The van der Waals surface area contributed by atoms with Gasteiger partial charge in [0.15, 0.2) is 6.73 Å². The molecule has 6 atom stereocenters. The van der Waals surface area contributed by atoms with E-state index in [-0.39, 0.29) is 5.92 Å². The molecule has 0 bridgehead atoms. The largest absolute Gasteiger partial charge is 0.472 e. The summed E-state index contributed by atoms with van der Waals surface area (Å²) in [6.07, 6.45) is 1.78. The number of benzene rings is 2. The van der Waals surface area contributed by atoms with Crippen molar-refractivity contribution in [2.75, 3.05) is 24.8 Å². The van der Waals surface area contributed by atoms with Crippen LogP contribution in [-0.2, 0) is 28.9 Å². The summed E-state index contributed by atoms with van der Waals surface area (Å²) in [6, 6.07) is 8.60. The molecular weight excluding hydrogens is 557 g/mol. The van der Waals surface area contributed by atoms with E-state index < -0.39 is 11.6 Å². The average molecular weight is 589 g/mol. The van der Waals surface area contributed by atoms with Crippen molar-refractivity contribution in [1.29, 1.82) is 0 Å². The fraction of sp³-hybridized carbons (Fsp3) is 0.571. The average Bonchev–Trinajstić information content (AvgIpc) is 3.31. The SMILES string of the molecule is C[C@H]1CO[C@]2(C)Oc3c(c4c(c5c3C[C@@H]3[C@@H](C)CO[C@]3(C)O5)CN(c3ccc(I)cc3)CO4)C[C@H]12. The molecule has 0 saturated carbocycles. The molecule has 2 aromatic carbocycles. The lowest BCUT2D eigenvalue weighted by atomic mass is 9.77. The van der Waals surface area contributed by atoms with E-state index in [9.17, 15) is 0 Å². The highest BCUT2D eigenvalue weighted by Crippen LogP contribution is 2.58. The Kier molecular flexibility index (Phi) is 4.91. The fourth-order valence-corrected chi connectivity index (χ4v) is 7.25. The van der Waals surface area contributed by atoms with Crippen molar-refractivity contribution < 1.29 is 23.7 Å². The molecule has 6 nitrogen and oxygen atoms in total. The standard InChI is InChI=1S/C28H32INO5/c1-15-12-32-27(3)22(15)9-19-24-21(11-30(14-31-24)18-7-5-17(29)6-8-18)26-20(25(19)34-27)10-23-16(2)13-33-28(23,4)35-26/h5-8,15-16,22-23H,9-14H2,1-4H3/t15-,16-,22+,23+,27+,28+/m0/s1. The highest BCUT2D eigenvalue weighted by atomic mass is 127. The number of fused-ring (bicyclic) bond motifs is 8. The van der Waals surface area contributed by atoms with E-state index in [1.807, 2.05) is 0 Å². The fourth-order valence-electron chi connectivity index (χ4n) is 6.89. The van der Waals surface area contributed by atoms with Gasteiger partial charge in [0.05, 0.1) is 25.3 Å². The van der Waals surface area contributed by atoms with Gasteiger partial charge in [-0.05, 0) is 71.5 Å². The number of halogens is 1. The highest BCUT2D eigenvalue weighted by molar-refractivity contribution is 14.1. The van der Waals surface area contributed by atoms with Crippen molar-refractivity contribution in [3.05, 3.63) is 44.5 Å². The van der Waals surface area contributed by atoms with Gasteiger partial charge in [-0.25, -0.2) is 0 Å². The summed E-state index contributed by atoms with van der Waals surface area (Å²) in [6.45, 7) is 11.4. The van der Waals surface area contributed by atoms with Crippen LogP contribution < -0.4 is 19.1 Å². The summed E-state index contributed by atoms with van der Waals surface area (Å²) >= 11 is 2.34. The van der Waals surface area contributed by atoms with Crippen LogP contribution in [0.4, 0.5) is 5.69 Å². The summed E-state index contributed by atoms with van der Waals surface area (Å²) in [7, 11) is 0. The molecular formula is C28H32INO5. The second-order valence-corrected chi connectivity index (χ2v) is 12.6. The van der Waals surface area contributed by atoms with Crippen LogP contribution in [0.3, 0.4) is 0 Å². The molecule has 0 amide bonds. The van der Waals surface area contributed by atoms with Crippen molar-refractivity contribution >= 4 is 28.3 Å². The number of hydrogen-bond acceptors (Lipinski definition) is 6. The molecule has 0 N–H and O–H groups in total. The third kappa shape index (κ3) is 3.26. The van der Waals surface area contributed by atoms with Crippen LogP contribution in [0.25, 0.3) is 0 Å². The lowest BCUT2D eigenvalue weighted by Gasteiger charge is -2.45. The third-order valence-corrected chi connectivity index (χ3v) is 9.71. The summed E-state index contributed by atoms with van der Waals surface area (Å²) in [5.41, 5.74) is 4.62. The zero-order chi connectivity index (χ0) is 24.1. The molecule has 5 aliphatic rings. The number of nitrogens with zero attached hydrogens (tertiary/aromatic N) is 1. The molecule has 0 radical (unpaired) electrons. The zero-order valence-corrected chi connectivity index (χ0v) is 22.9. The maximum Gasteiger partial charge on any atom is 0.211 e. The molecule has 2 aromatic rings. The van der Waals surface area contributed by atoms with Crippen LogP contribution in [0, 0.1) is 27.2 Å². The Bertz CT molecular complexity index is 1200. The minimum absolute atomic E-state index is 0.284. The van der Waals surface area contributed by atoms with E-state index in [0.29, 0.717) is 31.1 Å². The molecule has 5 heterocycles. The van der Waals surface area contributed by atoms with Crippen LogP contribution in [0.5, 0.6) is 17.2 Å². The minimum Gasteiger partial charge on any atom is -0.472 e. The maximum absolute atomic E-state index is 6.80. The zero-order valence-electron chi connectivity index (χ0n) is 20.7. The van der Waals surface area contributed by atoms with Gasteiger partial charge in [0.25, 0.3) is 0 Å². The van der Waals surface area contributed by atoms with Gasteiger partial charge in [-0.3, -0.25) is 0 Å². The van der Waals surface area contributed by atoms with Crippen molar-refractivity contribution in [2.24, 2.45) is 23.7 Å². The summed E-state index contributed by atoms with van der Waals surface area (Å²) in [5.74, 6) is 2.97. The van der Waals surface area contributed by atoms with Gasteiger partial charge in [-0.15, -0.1) is 0 Å². The quantitative estimate of drug-likeness (QED) is 0.409. The number of rotatable bonds is 1. The Balaban J connectivity index is 1.38. The Morgan fingerprint density at radius 1 is 0.800 bits per heavy atom. The third-order valence-electron chi connectivity index (χ3n) is 8.99. The van der Waals surface area contributed by atoms with Crippen molar-refractivity contribution in [1.82, 2.24) is 0 Å². The number of anilines is 1. The Labute approximate surface area is 220 Å². The molecule has 0 aliphatic carbocycles. The summed E-state index contributed by atoms with van der Waals surface area (Å²) < 4.78 is 33.8. The molecule has 0 aromatic heterocycles. The molecule has 7 heteroatoms. The van der Waals surface area contributed by atoms with Crippen LogP contribution in [0.2, 0.25) is 0 Å². The first-order valence-corrected chi connectivity index (χ1v) is 13.8. The van der Waals surface area contributed by atoms with Gasteiger partial charge < -0.3 is 28.6 Å². The Morgan fingerprint density at radius 2 is 1.34 bits per heavy atom.